The lowest BCUT2D eigenvalue weighted by molar-refractivity contribution is -0.188. The molecule has 3 nitrogen and oxygen atoms in total. The van der Waals surface area contributed by atoms with Crippen LogP contribution in [-0.2, 0) is 9.53 Å². The van der Waals surface area contributed by atoms with Gasteiger partial charge in [0.05, 0.1) is 0 Å². The highest BCUT2D eigenvalue weighted by atomic mass is 16.6. The Bertz CT molecular complexity index is 367. The fraction of sp³-hybridized carbons (Fsp3) is 0.933. The first-order valence-corrected chi connectivity index (χ1v) is 7.41. The maximum Gasteiger partial charge on any atom is 0.335 e. The second-order valence-corrected chi connectivity index (χ2v) is 7.57. The molecule has 0 amide bonds. The van der Waals surface area contributed by atoms with Crippen molar-refractivity contribution < 1.29 is 14.6 Å². The van der Waals surface area contributed by atoms with Crippen molar-refractivity contribution in [2.75, 3.05) is 0 Å². The van der Waals surface area contributed by atoms with Crippen LogP contribution < -0.4 is 0 Å². The number of cyclic esters (lactones) is 1. The molecule has 4 saturated carbocycles. The molecule has 100 valence electrons. The Morgan fingerprint density at radius 1 is 1.06 bits per heavy atom. The third-order valence-corrected chi connectivity index (χ3v) is 6.34. The Labute approximate surface area is 108 Å². The summed E-state index contributed by atoms with van der Waals surface area (Å²) in [5.41, 5.74) is -0.228. The number of aliphatic hydroxyl groups excluding tert-OH is 1. The van der Waals surface area contributed by atoms with Crippen LogP contribution in [0.15, 0.2) is 0 Å². The van der Waals surface area contributed by atoms with Gasteiger partial charge in [-0.05, 0) is 63.2 Å². The second-order valence-electron chi connectivity index (χ2n) is 7.57. The summed E-state index contributed by atoms with van der Waals surface area (Å²) in [6, 6.07) is 0. The van der Waals surface area contributed by atoms with Gasteiger partial charge in [-0.25, -0.2) is 4.79 Å². The SMILES string of the molecule is CC1(C23CC4CC(CC(C4)C2)C3)CC(O)C(=O)O1. The van der Waals surface area contributed by atoms with Gasteiger partial charge in [0.15, 0.2) is 6.10 Å². The molecule has 5 rings (SSSR count). The maximum atomic E-state index is 11.6. The highest BCUT2D eigenvalue weighted by Crippen LogP contribution is 2.65. The summed E-state index contributed by atoms with van der Waals surface area (Å²) in [6.45, 7) is 2.08. The summed E-state index contributed by atoms with van der Waals surface area (Å²) in [7, 11) is 0. The number of esters is 1. The minimum absolute atomic E-state index is 0.175. The van der Waals surface area contributed by atoms with Crippen molar-refractivity contribution in [3.63, 3.8) is 0 Å². The molecule has 1 saturated heterocycles. The predicted octanol–water partition coefficient (Wildman–Crippen LogP) is 2.27. The van der Waals surface area contributed by atoms with Gasteiger partial charge in [0.25, 0.3) is 0 Å². The molecule has 2 atom stereocenters. The number of hydrogen-bond acceptors (Lipinski definition) is 3. The largest absolute Gasteiger partial charge is 0.457 e. The van der Waals surface area contributed by atoms with Crippen LogP contribution in [0.3, 0.4) is 0 Å². The third kappa shape index (κ3) is 1.31. The van der Waals surface area contributed by atoms with E-state index in [0.29, 0.717) is 6.42 Å². The first kappa shape index (κ1) is 11.3. The lowest BCUT2D eigenvalue weighted by Gasteiger charge is -2.61. The molecule has 0 aromatic rings. The second kappa shape index (κ2) is 3.30. The Morgan fingerprint density at radius 3 is 1.94 bits per heavy atom. The number of ether oxygens (including phenoxy) is 1. The van der Waals surface area contributed by atoms with Crippen molar-refractivity contribution >= 4 is 5.97 Å². The minimum Gasteiger partial charge on any atom is -0.457 e. The van der Waals surface area contributed by atoms with Gasteiger partial charge in [0.1, 0.15) is 5.60 Å². The first-order valence-electron chi connectivity index (χ1n) is 7.41. The zero-order chi connectivity index (χ0) is 12.5. The van der Waals surface area contributed by atoms with E-state index >= 15 is 0 Å². The minimum atomic E-state index is -0.886. The standard InChI is InChI=1S/C15H22O3/c1-14(8-12(16)13(17)18-14)15-5-9-2-10(6-15)4-11(3-9)7-15/h9-12,16H,2-8H2,1H3. The molecule has 5 fully saturated rings. The average molecular weight is 250 g/mol. The smallest absolute Gasteiger partial charge is 0.335 e. The van der Waals surface area contributed by atoms with Crippen LogP contribution in [0.2, 0.25) is 0 Å². The molecule has 0 spiro atoms. The van der Waals surface area contributed by atoms with Gasteiger partial charge in [-0.2, -0.15) is 0 Å². The predicted molar refractivity (Wildman–Crippen MR) is 65.7 cm³/mol. The van der Waals surface area contributed by atoms with Gasteiger partial charge < -0.3 is 9.84 Å². The number of carbonyl (C=O) groups is 1. The van der Waals surface area contributed by atoms with Gasteiger partial charge in [-0.1, -0.05) is 0 Å². The normalized spacial score (nSPS) is 58.0. The molecule has 1 heterocycles. The van der Waals surface area contributed by atoms with Gasteiger partial charge in [-0.15, -0.1) is 0 Å². The van der Waals surface area contributed by atoms with E-state index in [1.807, 2.05) is 0 Å². The van der Waals surface area contributed by atoms with E-state index in [9.17, 15) is 9.90 Å². The van der Waals surface area contributed by atoms with Crippen molar-refractivity contribution in [1.82, 2.24) is 0 Å². The van der Waals surface area contributed by atoms with Gasteiger partial charge >= 0.3 is 5.97 Å². The molecule has 18 heavy (non-hydrogen) atoms. The van der Waals surface area contributed by atoms with E-state index in [0.717, 1.165) is 17.8 Å². The highest BCUT2D eigenvalue weighted by molar-refractivity contribution is 5.77. The zero-order valence-corrected chi connectivity index (χ0v) is 11.0. The van der Waals surface area contributed by atoms with Crippen molar-refractivity contribution in [2.45, 2.75) is 63.6 Å². The summed E-state index contributed by atoms with van der Waals surface area (Å²) in [5, 5.41) is 9.76. The Balaban J connectivity index is 1.69. The fourth-order valence-electron chi connectivity index (χ4n) is 5.87. The molecule has 4 aliphatic carbocycles. The molecule has 0 aromatic heterocycles. The molecular weight excluding hydrogens is 228 g/mol. The quantitative estimate of drug-likeness (QED) is 0.726. The Morgan fingerprint density at radius 2 is 1.56 bits per heavy atom. The monoisotopic (exact) mass is 250 g/mol. The van der Waals surface area contributed by atoms with E-state index in [-0.39, 0.29) is 5.41 Å². The van der Waals surface area contributed by atoms with E-state index in [4.69, 9.17) is 4.74 Å². The molecule has 4 bridgehead atoms. The van der Waals surface area contributed by atoms with Crippen LogP contribution in [0.25, 0.3) is 0 Å². The van der Waals surface area contributed by atoms with E-state index in [1.165, 1.54) is 38.5 Å². The van der Waals surface area contributed by atoms with Crippen LogP contribution in [0.1, 0.15) is 51.9 Å². The number of aliphatic hydroxyl groups is 1. The molecule has 2 unspecified atom stereocenters. The summed E-state index contributed by atoms with van der Waals surface area (Å²) < 4.78 is 5.66. The first-order chi connectivity index (χ1) is 8.50. The summed E-state index contributed by atoms with van der Waals surface area (Å²) in [5.74, 6) is 2.16. The van der Waals surface area contributed by atoms with Gasteiger partial charge in [-0.3, -0.25) is 0 Å². The maximum absolute atomic E-state index is 11.6. The fourth-order valence-corrected chi connectivity index (χ4v) is 5.87. The van der Waals surface area contributed by atoms with Gasteiger partial charge in [0.2, 0.25) is 0 Å². The van der Waals surface area contributed by atoms with E-state index in [1.54, 1.807) is 0 Å². The lowest BCUT2D eigenvalue weighted by Crippen LogP contribution is -2.57. The van der Waals surface area contributed by atoms with Crippen LogP contribution in [-0.4, -0.2) is 22.8 Å². The molecule has 0 radical (unpaired) electrons. The van der Waals surface area contributed by atoms with Crippen LogP contribution in [0.5, 0.6) is 0 Å². The lowest BCUT2D eigenvalue weighted by atomic mass is 9.45. The Kier molecular flexibility index (Phi) is 2.07. The highest BCUT2D eigenvalue weighted by Gasteiger charge is 2.63. The van der Waals surface area contributed by atoms with E-state index in [2.05, 4.69) is 6.92 Å². The molecule has 5 aliphatic rings. The summed E-state index contributed by atoms with van der Waals surface area (Å²) in [4.78, 5) is 11.6. The Hall–Kier alpha value is -0.570. The van der Waals surface area contributed by atoms with Crippen molar-refractivity contribution in [3.8, 4) is 0 Å². The van der Waals surface area contributed by atoms with Crippen molar-refractivity contribution in [2.24, 2.45) is 23.2 Å². The van der Waals surface area contributed by atoms with Crippen molar-refractivity contribution in [3.05, 3.63) is 0 Å². The molecule has 1 aliphatic heterocycles. The van der Waals surface area contributed by atoms with E-state index < -0.39 is 17.7 Å². The summed E-state index contributed by atoms with van der Waals surface area (Å²) >= 11 is 0. The third-order valence-electron chi connectivity index (χ3n) is 6.34. The molecular formula is C15H22O3. The molecule has 3 heteroatoms. The topological polar surface area (TPSA) is 46.5 Å². The number of rotatable bonds is 1. The average Bonchev–Trinajstić information content (AvgIpc) is 2.52. The summed E-state index contributed by atoms with van der Waals surface area (Å²) in [6.07, 6.45) is 7.46. The number of hydrogen-bond donors (Lipinski definition) is 1. The van der Waals surface area contributed by atoms with Crippen LogP contribution in [0.4, 0.5) is 0 Å². The van der Waals surface area contributed by atoms with Crippen LogP contribution >= 0.6 is 0 Å². The zero-order valence-electron chi connectivity index (χ0n) is 11.0. The van der Waals surface area contributed by atoms with Crippen LogP contribution in [0, 0.1) is 23.2 Å². The number of carbonyl (C=O) groups excluding carboxylic acids is 1. The van der Waals surface area contributed by atoms with Gasteiger partial charge in [0, 0.05) is 11.8 Å². The molecule has 0 aromatic carbocycles. The van der Waals surface area contributed by atoms with Crippen molar-refractivity contribution in [1.29, 1.82) is 0 Å². The molecule has 1 N–H and O–H groups in total.